The Balaban J connectivity index is 1.52. The van der Waals surface area contributed by atoms with E-state index in [0.717, 1.165) is 40.1 Å². The van der Waals surface area contributed by atoms with Crippen LogP contribution in [0, 0.1) is 19.7 Å². The van der Waals surface area contributed by atoms with Gasteiger partial charge in [-0.25, -0.2) is 9.18 Å². The van der Waals surface area contributed by atoms with Gasteiger partial charge in [0.05, 0.1) is 5.56 Å². The molecule has 5 rings (SSSR count). The van der Waals surface area contributed by atoms with E-state index < -0.39 is 0 Å². The SMILES string of the molecule is Cc1cc2oc(=O)cc(CSc3nnc(-c4ccccc4F)n3C3CC3)c2cc1C. The number of aromatic nitrogens is 3. The van der Waals surface area contributed by atoms with Crippen LogP contribution in [0.15, 0.2) is 56.8 Å². The minimum atomic E-state index is -0.364. The molecule has 1 saturated carbocycles. The lowest BCUT2D eigenvalue weighted by Gasteiger charge is -2.10. The number of benzene rings is 2. The van der Waals surface area contributed by atoms with Gasteiger partial charge in [-0.15, -0.1) is 10.2 Å². The van der Waals surface area contributed by atoms with Crippen molar-refractivity contribution in [1.29, 1.82) is 0 Å². The summed E-state index contributed by atoms with van der Waals surface area (Å²) in [6, 6.07) is 12.4. The number of halogens is 1. The molecule has 1 aliphatic carbocycles. The summed E-state index contributed by atoms with van der Waals surface area (Å²) in [5.74, 6) is 0.801. The van der Waals surface area contributed by atoms with Gasteiger partial charge in [-0.3, -0.25) is 4.57 Å². The van der Waals surface area contributed by atoms with Crippen LogP contribution in [-0.4, -0.2) is 14.8 Å². The Morgan fingerprint density at radius 2 is 1.90 bits per heavy atom. The smallest absolute Gasteiger partial charge is 0.336 e. The Labute approximate surface area is 176 Å². The van der Waals surface area contributed by atoms with Crippen molar-refractivity contribution in [2.45, 2.75) is 43.6 Å². The van der Waals surface area contributed by atoms with Crippen LogP contribution in [0.3, 0.4) is 0 Å². The van der Waals surface area contributed by atoms with Crippen LogP contribution in [0.4, 0.5) is 4.39 Å². The van der Waals surface area contributed by atoms with E-state index in [0.29, 0.717) is 28.8 Å². The van der Waals surface area contributed by atoms with Gasteiger partial charge in [-0.1, -0.05) is 23.9 Å². The molecule has 5 nitrogen and oxygen atoms in total. The second-order valence-corrected chi connectivity index (χ2v) is 8.64. The highest BCUT2D eigenvalue weighted by atomic mass is 32.2. The maximum absolute atomic E-state index is 14.4. The third-order valence-corrected chi connectivity index (χ3v) is 6.48. The Bertz CT molecular complexity index is 1320. The Morgan fingerprint density at radius 1 is 1.13 bits per heavy atom. The fraction of sp³-hybridized carbons (Fsp3) is 0.261. The first-order chi connectivity index (χ1) is 14.5. The lowest BCUT2D eigenvalue weighted by atomic mass is 10.0. The van der Waals surface area contributed by atoms with E-state index in [1.54, 1.807) is 24.3 Å². The Kier molecular flexibility index (Phi) is 4.70. The minimum Gasteiger partial charge on any atom is -0.423 e. The Morgan fingerprint density at radius 3 is 2.67 bits per heavy atom. The molecule has 0 radical (unpaired) electrons. The van der Waals surface area contributed by atoms with Gasteiger partial charge >= 0.3 is 5.63 Å². The fourth-order valence-electron chi connectivity index (χ4n) is 3.61. The second kappa shape index (κ2) is 7.40. The number of thioether (sulfide) groups is 1. The van der Waals surface area contributed by atoms with E-state index in [1.165, 1.54) is 17.8 Å². The van der Waals surface area contributed by atoms with Crippen molar-refractivity contribution < 1.29 is 8.81 Å². The molecule has 0 saturated heterocycles. The van der Waals surface area contributed by atoms with Crippen LogP contribution in [-0.2, 0) is 5.75 Å². The maximum atomic E-state index is 14.4. The summed E-state index contributed by atoms with van der Waals surface area (Å²) in [4.78, 5) is 12.1. The molecule has 0 amide bonds. The predicted octanol–water partition coefficient (Wildman–Crippen LogP) is 5.43. The number of fused-ring (bicyclic) bond motifs is 1. The number of hydrogen-bond donors (Lipinski definition) is 0. The molecule has 0 bridgehead atoms. The van der Waals surface area contributed by atoms with Crippen LogP contribution in [0.5, 0.6) is 0 Å². The molecule has 2 heterocycles. The molecule has 0 aliphatic heterocycles. The molecular weight excluding hydrogens is 401 g/mol. The fourth-order valence-corrected chi connectivity index (χ4v) is 4.60. The molecule has 7 heteroatoms. The van der Waals surface area contributed by atoms with Crippen molar-refractivity contribution in [2.75, 3.05) is 0 Å². The zero-order valence-corrected chi connectivity index (χ0v) is 17.5. The van der Waals surface area contributed by atoms with Crippen LogP contribution in [0.1, 0.15) is 35.6 Å². The van der Waals surface area contributed by atoms with Gasteiger partial charge in [0.1, 0.15) is 11.4 Å². The quantitative estimate of drug-likeness (QED) is 0.317. The van der Waals surface area contributed by atoms with Crippen molar-refractivity contribution in [1.82, 2.24) is 14.8 Å². The first kappa shape index (κ1) is 19.1. The molecular formula is C23H20FN3O2S. The molecule has 0 spiro atoms. The van der Waals surface area contributed by atoms with Crippen molar-refractivity contribution in [3.05, 3.63) is 75.4 Å². The molecule has 0 atom stereocenters. The predicted molar refractivity (Wildman–Crippen MR) is 115 cm³/mol. The summed E-state index contributed by atoms with van der Waals surface area (Å²) in [6.07, 6.45) is 2.06. The highest BCUT2D eigenvalue weighted by molar-refractivity contribution is 7.98. The highest BCUT2D eigenvalue weighted by Crippen LogP contribution is 2.42. The molecule has 0 N–H and O–H groups in total. The first-order valence-corrected chi connectivity index (χ1v) is 10.9. The molecule has 2 aromatic carbocycles. The molecule has 2 aromatic heterocycles. The molecule has 4 aromatic rings. The summed E-state index contributed by atoms with van der Waals surface area (Å²) in [5, 5.41) is 10.3. The van der Waals surface area contributed by atoms with Gasteiger partial charge in [0.2, 0.25) is 0 Å². The van der Waals surface area contributed by atoms with Crippen LogP contribution >= 0.6 is 11.8 Å². The zero-order chi connectivity index (χ0) is 20.8. The number of hydrogen-bond acceptors (Lipinski definition) is 5. The summed E-state index contributed by atoms with van der Waals surface area (Å²) in [5.41, 5.74) is 3.81. The standard InChI is InChI=1S/C23H20FN3O2S/c1-13-9-18-15(11-21(28)29-20(18)10-14(13)2)12-30-23-26-25-22(27(23)16-7-8-16)17-5-3-4-6-19(17)24/h3-6,9-11,16H,7-8,12H2,1-2H3. The van der Waals surface area contributed by atoms with E-state index in [2.05, 4.69) is 16.3 Å². The van der Waals surface area contributed by atoms with Crippen molar-refractivity contribution in [3.8, 4) is 11.4 Å². The number of aryl methyl sites for hydroxylation is 2. The van der Waals surface area contributed by atoms with E-state index in [4.69, 9.17) is 4.42 Å². The summed E-state index contributed by atoms with van der Waals surface area (Å²) >= 11 is 1.51. The van der Waals surface area contributed by atoms with Crippen LogP contribution in [0.25, 0.3) is 22.4 Å². The monoisotopic (exact) mass is 421 g/mol. The third kappa shape index (κ3) is 3.43. The number of nitrogens with zero attached hydrogens (tertiary/aromatic N) is 3. The van der Waals surface area contributed by atoms with Gasteiger partial charge in [0, 0.05) is 23.2 Å². The van der Waals surface area contributed by atoms with Gasteiger partial charge in [0.25, 0.3) is 0 Å². The van der Waals surface area contributed by atoms with Gasteiger partial charge < -0.3 is 4.42 Å². The van der Waals surface area contributed by atoms with E-state index in [1.807, 2.05) is 24.5 Å². The lowest BCUT2D eigenvalue weighted by molar-refractivity contribution is 0.559. The molecule has 1 fully saturated rings. The normalized spacial score (nSPS) is 13.8. The molecule has 152 valence electrons. The summed E-state index contributed by atoms with van der Waals surface area (Å²) in [7, 11) is 0. The largest absolute Gasteiger partial charge is 0.423 e. The average molecular weight is 421 g/mol. The second-order valence-electron chi connectivity index (χ2n) is 7.70. The van der Waals surface area contributed by atoms with Crippen molar-refractivity contribution in [2.24, 2.45) is 0 Å². The van der Waals surface area contributed by atoms with E-state index in [-0.39, 0.29) is 11.4 Å². The van der Waals surface area contributed by atoms with Crippen LogP contribution < -0.4 is 5.63 Å². The Hall–Kier alpha value is -2.93. The van der Waals surface area contributed by atoms with E-state index >= 15 is 0 Å². The highest BCUT2D eigenvalue weighted by Gasteiger charge is 2.31. The molecule has 0 unspecified atom stereocenters. The molecule has 30 heavy (non-hydrogen) atoms. The number of rotatable bonds is 5. The third-order valence-electron chi connectivity index (χ3n) is 5.49. The van der Waals surface area contributed by atoms with E-state index in [9.17, 15) is 9.18 Å². The topological polar surface area (TPSA) is 60.9 Å². The van der Waals surface area contributed by atoms with Crippen molar-refractivity contribution in [3.63, 3.8) is 0 Å². The van der Waals surface area contributed by atoms with Crippen LogP contribution in [0.2, 0.25) is 0 Å². The van der Waals surface area contributed by atoms with Gasteiger partial charge in [-0.05, 0) is 67.6 Å². The summed E-state index contributed by atoms with van der Waals surface area (Å²) in [6.45, 7) is 4.04. The van der Waals surface area contributed by atoms with Gasteiger partial charge in [-0.2, -0.15) is 0 Å². The van der Waals surface area contributed by atoms with Gasteiger partial charge in [0.15, 0.2) is 11.0 Å². The lowest BCUT2D eigenvalue weighted by Crippen LogP contribution is -2.03. The summed E-state index contributed by atoms with van der Waals surface area (Å²) < 4.78 is 21.8. The minimum absolute atomic E-state index is 0.291. The van der Waals surface area contributed by atoms with Crippen molar-refractivity contribution >= 4 is 22.7 Å². The molecule has 1 aliphatic rings. The first-order valence-electron chi connectivity index (χ1n) is 9.88. The zero-order valence-electron chi connectivity index (χ0n) is 16.7. The average Bonchev–Trinajstić information content (AvgIpc) is 3.47. The maximum Gasteiger partial charge on any atom is 0.336 e.